The number of primary sulfonamides is 1. The number of rotatable bonds is 6. The normalized spacial score (nSPS) is 12.3. The Morgan fingerprint density at radius 2 is 2.06 bits per heavy atom. The molecule has 0 aliphatic carbocycles. The van der Waals surface area contributed by atoms with E-state index in [4.69, 9.17) is 9.88 Å². The third kappa shape index (κ3) is 3.76. The van der Waals surface area contributed by atoms with E-state index in [-0.39, 0.29) is 5.16 Å². The second kappa shape index (κ2) is 5.56. The smallest absolute Gasteiger partial charge is 0.273 e. The summed E-state index contributed by atoms with van der Waals surface area (Å²) in [6.45, 7) is 4.79. The van der Waals surface area contributed by atoms with Crippen molar-refractivity contribution in [3.05, 3.63) is 5.82 Å². The first-order valence-corrected chi connectivity index (χ1v) is 6.84. The minimum Gasteiger partial charge on any atom is -0.383 e. The predicted molar refractivity (Wildman–Crippen MR) is 61.8 cm³/mol. The van der Waals surface area contributed by atoms with Gasteiger partial charge in [0.25, 0.3) is 15.2 Å². The fourth-order valence-electron chi connectivity index (χ4n) is 1.45. The van der Waals surface area contributed by atoms with Crippen molar-refractivity contribution in [3.8, 4) is 0 Å². The molecule has 1 aromatic rings. The van der Waals surface area contributed by atoms with Gasteiger partial charge in [0, 0.05) is 20.1 Å². The summed E-state index contributed by atoms with van der Waals surface area (Å²) in [6.07, 6.45) is 0.645. The van der Waals surface area contributed by atoms with Gasteiger partial charge in [0.15, 0.2) is 0 Å². The standard InChI is InChI=1S/C9H18N4O3S/c1-7(2)6-8-11-12-9(17(10,14)15)13(8)4-5-16-3/h7H,4-6H2,1-3H3,(H2,10,14,15). The fraction of sp³-hybridized carbons (Fsp3) is 0.778. The molecule has 8 heteroatoms. The number of nitrogens with two attached hydrogens (primary N) is 1. The molecule has 1 aromatic heterocycles. The second-order valence-corrected chi connectivity index (χ2v) is 5.64. The molecule has 0 amide bonds. The van der Waals surface area contributed by atoms with E-state index in [9.17, 15) is 8.42 Å². The Hall–Kier alpha value is -0.990. The second-order valence-electron chi connectivity index (χ2n) is 4.19. The zero-order chi connectivity index (χ0) is 13.1. The maximum absolute atomic E-state index is 11.3. The summed E-state index contributed by atoms with van der Waals surface area (Å²) >= 11 is 0. The minimum absolute atomic E-state index is 0.204. The van der Waals surface area contributed by atoms with E-state index in [0.29, 0.717) is 31.3 Å². The molecule has 17 heavy (non-hydrogen) atoms. The van der Waals surface area contributed by atoms with Gasteiger partial charge in [-0.2, -0.15) is 0 Å². The monoisotopic (exact) mass is 262 g/mol. The number of methoxy groups -OCH3 is 1. The third-order valence-electron chi connectivity index (χ3n) is 2.16. The third-order valence-corrected chi connectivity index (χ3v) is 2.97. The Morgan fingerprint density at radius 1 is 1.41 bits per heavy atom. The highest BCUT2D eigenvalue weighted by atomic mass is 32.2. The summed E-state index contributed by atoms with van der Waals surface area (Å²) in [5, 5.41) is 12.4. The van der Waals surface area contributed by atoms with Crippen LogP contribution in [0.3, 0.4) is 0 Å². The van der Waals surface area contributed by atoms with Crippen LogP contribution in [0.4, 0.5) is 0 Å². The first kappa shape index (κ1) is 14.1. The summed E-state index contributed by atoms with van der Waals surface area (Å²) in [7, 11) is -2.30. The van der Waals surface area contributed by atoms with Gasteiger partial charge in [-0.25, -0.2) is 13.6 Å². The number of hydrogen-bond donors (Lipinski definition) is 1. The van der Waals surface area contributed by atoms with Crippen molar-refractivity contribution in [3.63, 3.8) is 0 Å². The Bertz CT molecular complexity index is 467. The SMILES string of the molecule is COCCn1c(CC(C)C)nnc1S(N)(=O)=O. The summed E-state index contributed by atoms with van der Waals surface area (Å²) in [5.41, 5.74) is 0. The van der Waals surface area contributed by atoms with Gasteiger partial charge in [0.05, 0.1) is 6.61 Å². The lowest BCUT2D eigenvalue weighted by atomic mass is 10.1. The number of nitrogens with zero attached hydrogens (tertiary/aromatic N) is 3. The lowest BCUT2D eigenvalue weighted by Gasteiger charge is -2.09. The summed E-state index contributed by atoms with van der Waals surface area (Å²) in [5.74, 6) is 0.967. The van der Waals surface area contributed by atoms with Crippen LogP contribution in [0.5, 0.6) is 0 Å². The van der Waals surface area contributed by atoms with E-state index in [1.165, 1.54) is 4.57 Å². The largest absolute Gasteiger partial charge is 0.383 e. The lowest BCUT2D eigenvalue weighted by Crippen LogP contribution is -2.21. The first-order chi connectivity index (χ1) is 7.86. The zero-order valence-corrected chi connectivity index (χ0v) is 11.1. The molecule has 98 valence electrons. The van der Waals surface area contributed by atoms with Crippen LogP contribution in [0.2, 0.25) is 0 Å². The molecule has 7 nitrogen and oxygen atoms in total. The van der Waals surface area contributed by atoms with E-state index in [1.807, 2.05) is 13.8 Å². The topological polar surface area (TPSA) is 100 Å². The van der Waals surface area contributed by atoms with Crippen LogP contribution in [0.15, 0.2) is 5.16 Å². The summed E-state index contributed by atoms with van der Waals surface area (Å²) < 4.78 is 29.1. The van der Waals surface area contributed by atoms with Crippen LogP contribution in [0, 0.1) is 5.92 Å². The van der Waals surface area contributed by atoms with Gasteiger partial charge in [-0.1, -0.05) is 13.8 Å². The number of ether oxygens (including phenoxy) is 1. The van der Waals surface area contributed by atoms with Gasteiger partial charge in [0.2, 0.25) is 0 Å². The van der Waals surface area contributed by atoms with Gasteiger partial charge in [-0.05, 0) is 5.92 Å². The molecule has 0 aromatic carbocycles. The molecule has 0 spiro atoms. The first-order valence-electron chi connectivity index (χ1n) is 5.30. The van der Waals surface area contributed by atoms with Gasteiger partial charge in [-0.15, -0.1) is 10.2 Å². The molecule has 0 unspecified atom stereocenters. The maximum atomic E-state index is 11.3. The van der Waals surface area contributed by atoms with Crippen LogP contribution in [0.1, 0.15) is 19.7 Å². The highest BCUT2D eigenvalue weighted by Gasteiger charge is 2.21. The highest BCUT2D eigenvalue weighted by Crippen LogP contribution is 2.11. The van der Waals surface area contributed by atoms with E-state index >= 15 is 0 Å². The van der Waals surface area contributed by atoms with E-state index in [1.54, 1.807) is 7.11 Å². The van der Waals surface area contributed by atoms with E-state index < -0.39 is 10.0 Å². The van der Waals surface area contributed by atoms with Crippen molar-refractivity contribution < 1.29 is 13.2 Å². The van der Waals surface area contributed by atoms with Crippen LogP contribution in [0.25, 0.3) is 0 Å². The van der Waals surface area contributed by atoms with Crippen LogP contribution >= 0.6 is 0 Å². The average Bonchev–Trinajstić information content (AvgIpc) is 2.56. The van der Waals surface area contributed by atoms with Crippen molar-refractivity contribution in [1.82, 2.24) is 14.8 Å². The van der Waals surface area contributed by atoms with E-state index in [0.717, 1.165) is 0 Å². The Labute approximate surface area is 101 Å². The lowest BCUT2D eigenvalue weighted by molar-refractivity contribution is 0.183. The Balaban J connectivity index is 3.10. The average molecular weight is 262 g/mol. The van der Waals surface area contributed by atoms with Crippen LogP contribution < -0.4 is 5.14 Å². The molecule has 0 saturated heterocycles. The Morgan fingerprint density at radius 3 is 2.53 bits per heavy atom. The summed E-state index contributed by atoms with van der Waals surface area (Å²) in [6, 6.07) is 0. The van der Waals surface area contributed by atoms with Gasteiger partial charge >= 0.3 is 0 Å². The highest BCUT2D eigenvalue weighted by molar-refractivity contribution is 7.89. The number of hydrogen-bond acceptors (Lipinski definition) is 5. The molecule has 0 aliphatic rings. The van der Waals surface area contributed by atoms with Crippen molar-refractivity contribution >= 4 is 10.0 Å². The van der Waals surface area contributed by atoms with Crippen molar-refractivity contribution in [2.75, 3.05) is 13.7 Å². The molecule has 0 fully saturated rings. The maximum Gasteiger partial charge on any atom is 0.273 e. The quantitative estimate of drug-likeness (QED) is 0.763. The molecule has 0 atom stereocenters. The predicted octanol–water partition coefficient (Wildman–Crippen LogP) is -0.230. The molecule has 0 bridgehead atoms. The molecular formula is C9H18N4O3S. The zero-order valence-electron chi connectivity index (χ0n) is 10.3. The molecule has 0 aliphatic heterocycles. The van der Waals surface area contributed by atoms with Crippen LogP contribution in [-0.2, 0) is 27.7 Å². The molecule has 1 rings (SSSR count). The van der Waals surface area contributed by atoms with E-state index in [2.05, 4.69) is 10.2 Å². The fourth-order valence-corrected chi connectivity index (χ4v) is 2.11. The van der Waals surface area contributed by atoms with Gasteiger partial charge < -0.3 is 4.74 Å². The molecular weight excluding hydrogens is 244 g/mol. The van der Waals surface area contributed by atoms with Gasteiger partial charge in [0.1, 0.15) is 5.82 Å². The minimum atomic E-state index is -3.85. The summed E-state index contributed by atoms with van der Waals surface area (Å²) in [4.78, 5) is 0. The van der Waals surface area contributed by atoms with Crippen molar-refractivity contribution in [2.24, 2.45) is 11.1 Å². The Kier molecular flexibility index (Phi) is 4.61. The van der Waals surface area contributed by atoms with Crippen molar-refractivity contribution in [2.45, 2.75) is 32.0 Å². The molecule has 0 saturated carbocycles. The molecule has 0 radical (unpaired) electrons. The molecule has 2 N–H and O–H groups in total. The molecule has 1 heterocycles. The number of aromatic nitrogens is 3. The number of sulfonamides is 1. The van der Waals surface area contributed by atoms with Crippen molar-refractivity contribution in [1.29, 1.82) is 0 Å². The van der Waals surface area contributed by atoms with Crippen LogP contribution in [-0.4, -0.2) is 36.9 Å². The van der Waals surface area contributed by atoms with Gasteiger partial charge in [-0.3, -0.25) is 4.57 Å².